The van der Waals surface area contributed by atoms with Crippen LogP contribution in [0.25, 0.3) is 12.3 Å². The first kappa shape index (κ1) is 24.8. The standard InChI is InChI=1S/C24H31F3N4O2S/c1-16(22-10-21(34-17(22)2)11-24(25,26)27)29-7-5-23-20(15-29)4-6-30(23)13-19-12-28-31(14-19)8-9-33-18(3)32/h10,12,14,20,23H,2,4-9,11,13,15H2,1,3H3/b22-16+. The van der Waals surface area contributed by atoms with Gasteiger partial charge in [0.15, 0.2) is 0 Å². The number of thiophene rings is 1. The SMILES string of the molecule is C=c1sc(CC(F)(F)F)c/c1=C(/C)N1CCC2C(CCN2Cc2cnn(CCOC(C)=O)c2)C1. The average Bonchev–Trinajstić information content (AvgIpc) is 3.45. The molecule has 2 saturated heterocycles. The van der Waals surface area contributed by atoms with Crippen LogP contribution in [-0.4, -0.2) is 64.0 Å². The third-order valence-electron chi connectivity index (χ3n) is 6.75. The number of carbonyl (C=O) groups excluding carboxylic acids is 1. The molecule has 4 heterocycles. The van der Waals surface area contributed by atoms with E-state index in [1.807, 2.05) is 19.3 Å². The summed E-state index contributed by atoms with van der Waals surface area (Å²) in [4.78, 5) is 16.1. The molecule has 0 aromatic carbocycles. The van der Waals surface area contributed by atoms with Gasteiger partial charge in [-0.1, -0.05) is 6.58 Å². The quantitative estimate of drug-likeness (QED) is 0.552. The summed E-state index contributed by atoms with van der Waals surface area (Å²) in [6, 6.07) is 2.16. The fourth-order valence-electron chi connectivity index (χ4n) is 5.16. The first-order valence-electron chi connectivity index (χ1n) is 11.6. The van der Waals surface area contributed by atoms with E-state index in [0.29, 0.717) is 34.5 Å². The van der Waals surface area contributed by atoms with Crippen LogP contribution in [0.15, 0.2) is 18.5 Å². The number of ether oxygens (including phenoxy) is 1. The smallest absolute Gasteiger partial charge is 0.393 e. The maximum atomic E-state index is 12.8. The van der Waals surface area contributed by atoms with Gasteiger partial charge >= 0.3 is 12.1 Å². The molecule has 0 aliphatic carbocycles. The molecule has 0 spiro atoms. The number of rotatable bonds is 7. The zero-order valence-corrected chi connectivity index (χ0v) is 20.4. The van der Waals surface area contributed by atoms with E-state index in [0.717, 1.165) is 66.8 Å². The number of halogens is 3. The van der Waals surface area contributed by atoms with E-state index in [-0.39, 0.29) is 5.97 Å². The second kappa shape index (κ2) is 10.1. The van der Waals surface area contributed by atoms with E-state index >= 15 is 0 Å². The molecule has 0 N–H and O–H groups in total. The summed E-state index contributed by atoms with van der Waals surface area (Å²) in [6.07, 6.45) is 0.915. The van der Waals surface area contributed by atoms with Gasteiger partial charge < -0.3 is 9.64 Å². The van der Waals surface area contributed by atoms with Crippen molar-refractivity contribution >= 4 is 29.6 Å². The Morgan fingerprint density at radius 1 is 1.29 bits per heavy atom. The summed E-state index contributed by atoms with van der Waals surface area (Å²) >= 11 is 1.14. The normalized spacial score (nSPS) is 22.1. The highest BCUT2D eigenvalue weighted by molar-refractivity contribution is 7.09. The van der Waals surface area contributed by atoms with Gasteiger partial charge in [0, 0.05) is 64.7 Å². The summed E-state index contributed by atoms with van der Waals surface area (Å²) in [5.41, 5.74) is 2.17. The molecular weight excluding hydrogens is 465 g/mol. The van der Waals surface area contributed by atoms with Gasteiger partial charge in [0.05, 0.1) is 19.2 Å². The van der Waals surface area contributed by atoms with Crippen molar-refractivity contribution in [1.82, 2.24) is 19.6 Å². The molecule has 2 aromatic heterocycles. The molecule has 0 bridgehead atoms. The van der Waals surface area contributed by atoms with E-state index in [2.05, 4.69) is 21.5 Å². The van der Waals surface area contributed by atoms with Gasteiger partial charge in [-0.25, -0.2) is 0 Å². The van der Waals surface area contributed by atoms with Gasteiger partial charge in [-0.05, 0) is 38.3 Å². The van der Waals surface area contributed by atoms with Crippen LogP contribution < -0.4 is 9.75 Å². The van der Waals surface area contributed by atoms with E-state index in [1.54, 1.807) is 10.7 Å². The van der Waals surface area contributed by atoms with Crippen LogP contribution in [0.4, 0.5) is 13.2 Å². The third kappa shape index (κ3) is 6.02. The predicted molar refractivity (Wildman–Crippen MR) is 125 cm³/mol. The number of aromatic nitrogens is 2. The monoisotopic (exact) mass is 496 g/mol. The lowest BCUT2D eigenvalue weighted by Crippen LogP contribution is -2.46. The van der Waals surface area contributed by atoms with E-state index < -0.39 is 12.6 Å². The van der Waals surface area contributed by atoms with Crippen LogP contribution in [0.3, 0.4) is 0 Å². The second-order valence-electron chi connectivity index (χ2n) is 9.20. The molecule has 0 radical (unpaired) electrons. The van der Waals surface area contributed by atoms with E-state index in [1.165, 1.54) is 6.92 Å². The Morgan fingerprint density at radius 2 is 2.09 bits per heavy atom. The van der Waals surface area contributed by atoms with Crippen LogP contribution in [-0.2, 0) is 29.0 Å². The molecule has 2 fully saturated rings. The number of fused-ring (bicyclic) bond motifs is 1. The third-order valence-corrected chi connectivity index (χ3v) is 7.74. The molecule has 4 rings (SSSR count). The predicted octanol–water partition coefficient (Wildman–Crippen LogP) is 2.75. The van der Waals surface area contributed by atoms with Gasteiger partial charge in [-0.2, -0.15) is 18.3 Å². The van der Waals surface area contributed by atoms with Crippen LogP contribution in [0.2, 0.25) is 0 Å². The zero-order valence-electron chi connectivity index (χ0n) is 19.6. The van der Waals surface area contributed by atoms with Crippen LogP contribution in [0.1, 0.15) is 37.1 Å². The van der Waals surface area contributed by atoms with Crippen molar-refractivity contribution in [2.24, 2.45) is 5.92 Å². The number of alkyl halides is 3. The first-order chi connectivity index (χ1) is 16.1. The minimum atomic E-state index is -4.20. The molecule has 34 heavy (non-hydrogen) atoms. The largest absolute Gasteiger partial charge is 0.464 e. The fourth-order valence-corrected chi connectivity index (χ4v) is 6.20. The van der Waals surface area contributed by atoms with Crippen molar-refractivity contribution in [3.05, 3.63) is 38.7 Å². The maximum Gasteiger partial charge on any atom is 0.393 e. The molecule has 6 nitrogen and oxygen atoms in total. The van der Waals surface area contributed by atoms with Crippen molar-refractivity contribution in [2.45, 2.75) is 58.4 Å². The Labute approximate surface area is 201 Å². The van der Waals surface area contributed by atoms with Crippen LogP contribution in [0.5, 0.6) is 0 Å². The Morgan fingerprint density at radius 3 is 2.82 bits per heavy atom. The highest BCUT2D eigenvalue weighted by atomic mass is 32.1. The van der Waals surface area contributed by atoms with E-state index in [9.17, 15) is 18.0 Å². The molecule has 186 valence electrons. The zero-order chi connectivity index (χ0) is 24.5. The van der Waals surface area contributed by atoms with Crippen molar-refractivity contribution in [3.8, 4) is 0 Å². The summed E-state index contributed by atoms with van der Waals surface area (Å²) in [5, 5.41) is 5.22. The highest BCUT2D eigenvalue weighted by Crippen LogP contribution is 2.33. The molecule has 2 aliphatic rings. The summed E-state index contributed by atoms with van der Waals surface area (Å²) in [7, 11) is 0. The van der Waals surface area contributed by atoms with Gasteiger partial charge in [-0.15, -0.1) is 11.3 Å². The van der Waals surface area contributed by atoms with Crippen molar-refractivity contribution in [2.75, 3.05) is 26.2 Å². The Kier molecular flexibility index (Phi) is 7.37. The van der Waals surface area contributed by atoms with Gasteiger partial charge in [0.25, 0.3) is 0 Å². The van der Waals surface area contributed by atoms with Crippen LogP contribution >= 0.6 is 11.3 Å². The molecule has 2 aromatic rings. The molecule has 0 amide bonds. The molecule has 10 heteroatoms. The van der Waals surface area contributed by atoms with Gasteiger partial charge in [-0.3, -0.25) is 14.4 Å². The number of piperidine rings is 1. The molecule has 2 atom stereocenters. The molecule has 0 saturated carbocycles. The average molecular weight is 497 g/mol. The van der Waals surface area contributed by atoms with Gasteiger partial charge in [0.2, 0.25) is 0 Å². The summed E-state index contributed by atoms with van der Waals surface area (Å²) in [6.45, 7) is 11.9. The number of hydrogen-bond acceptors (Lipinski definition) is 6. The lowest BCUT2D eigenvalue weighted by atomic mass is 9.92. The van der Waals surface area contributed by atoms with Crippen molar-refractivity contribution in [3.63, 3.8) is 0 Å². The molecule has 2 unspecified atom stereocenters. The number of esters is 1. The number of carbonyl (C=O) groups is 1. The van der Waals surface area contributed by atoms with Crippen LogP contribution in [0, 0.1) is 5.92 Å². The van der Waals surface area contributed by atoms with E-state index in [4.69, 9.17) is 4.74 Å². The van der Waals surface area contributed by atoms with Crippen molar-refractivity contribution < 1.29 is 22.7 Å². The number of likely N-dealkylation sites (tertiary alicyclic amines) is 2. The summed E-state index contributed by atoms with van der Waals surface area (Å²) in [5.74, 6) is 0.241. The minimum absolute atomic E-state index is 0.290. The van der Waals surface area contributed by atoms with Gasteiger partial charge in [0.1, 0.15) is 6.61 Å². The Bertz CT molecular complexity index is 1130. The van der Waals surface area contributed by atoms with Crippen molar-refractivity contribution in [1.29, 1.82) is 0 Å². The topological polar surface area (TPSA) is 50.6 Å². The lowest BCUT2D eigenvalue weighted by molar-refractivity contribution is -0.141. The lowest BCUT2D eigenvalue weighted by Gasteiger charge is -2.39. The molecular formula is C24H31F3N4O2S. The number of nitrogens with zero attached hydrogens (tertiary/aromatic N) is 4. The first-order valence-corrected chi connectivity index (χ1v) is 12.4. The highest BCUT2D eigenvalue weighted by Gasteiger charge is 2.38. The Hall–Kier alpha value is -2.33. The minimum Gasteiger partial charge on any atom is -0.464 e. The second-order valence-corrected chi connectivity index (χ2v) is 10.4. The molecule has 2 aliphatic heterocycles. The fraction of sp³-hybridized carbons (Fsp3) is 0.583. The number of hydrogen-bond donors (Lipinski definition) is 0. The maximum absolute atomic E-state index is 12.8. The Balaban J connectivity index is 1.36. The summed E-state index contributed by atoms with van der Waals surface area (Å²) < 4.78 is 45.9.